The standard InChI is InChI=1S/C47H67N11O18/c1-23(51-43(72)32(19-35(63)64)54-45(74)33(20-36(65)66)55-44(73)31(52-34(62)21-49)18-27-12-14-28(61)15-13-27)40(69)57-38(24(2)59)46(75)53-29(11-7-8-16-48)42(71)58-39(25(3)60)47(76)56-30(41(70)50-22-37(67)68)17-26-9-5-4-6-10-26/h4-6,9-10,12-15,23-25,29-33,38-39,59-61H,7-8,11,16-22,48-49H2,1-3H3,(H,50,70)(H,51,72)(H,52,62)(H,53,75)(H,54,74)(H,55,73)(H,56,76)(H,57,69)(H,58,71)(H,63,64)(H,65,66)(H,67,68)/t23-,24+,25+,29-,30-,31-,32-,33-,38-,39-/m0/s1. The van der Waals surface area contributed by atoms with Crippen molar-refractivity contribution in [3.8, 4) is 5.75 Å². The van der Waals surface area contributed by atoms with Gasteiger partial charge < -0.3 is 90.0 Å². The summed E-state index contributed by atoms with van der Waals surface area (Å²) in [6, 6.07) is -0.0732. The van der Waals surface area contributed by atoms with E-state index in [4.69, 9.17) is 16.6 Å². The molecule has 0 saturated carbocycles. The number of nitrogens with one attached hydrogen (secondary N) is 9. The fourth-order valence-electron chi connectivity index (χ4n) is 6.99. The minimum Gasteiger partial charge on any atom is -0.508 e. The molecule has 0 aliphatic rings. The predicted molar refractivity (Wildman–Crippen MR) is 264 cm³/mol. The fourth-order valence-corrected chi connectivity index (χ4v) is 6.99. The van der Waals surface area contributed by atoms with Crippen LogP contribution in [0, 0.1) is 0 Å². The van der Waals surface area contributed by atoms with Gasteiger partial charge in [-0.15, -0.1) is 0 Å². The Morgan fingerprint density at radius 2 is 0.908 bits per heavy atom. The number of phenolic OH excluding ortho intramolecular Hbond substituents is 1. The molecule has 0 unspecified atom stereocenters. The number of aromatic hydroxyl groups is 1. The summed E-state index contributed by atoms with van der Waals surface area (Å²) in [6.45, 7) is 2.08. The number of nitrogens with two attached hydrogens (primary N) is 2. The molecule has 2 aromatic rings. The van der Waals surface area contributed by atoms with Gasteiger partial charge in [-0.1, -0.05) is 42.5 Å². The number of carbonyl (C=O) groups is 12. The Bertz CT molecular complexity index is 2360. The lowest BCUT2D eigenvalue weighted by Gasteiger charge is -2.28. The van der Waals surface area contributed by atoms with E-state index in [1.165, 1.54) is 24.3 Å². The molecule has 29 nitrogen and oxygen atoms in total. The van der Waals surface area contributed by atoms with Gasteiger partial charge in [0.05, 0.1) is 31.6 Å². The molecule has 0 heterocycles. The number of carbonyl (C=O) groups excluding carboxylic acids is 9. The van der Waals surface area contributed by atoms with Gasteiger partial charge in [-0.2, -0.15) is 0 Å². The maximum absolute atomic E-state index is 13.8. The summed E-state index contributed by atoms with van der Waals surface area (Å²) in [5.41, 5.74) is 12.0. The van der Waals surface area contributed by atoms with Crippen molar-refractivity contribution in [3.63, 3.8) is 0 Å². The number of carboxylic acids is 3. The number of hydrogen-bond acceptors (Lipinski definition) is 17. The summed E-state index contributed by atoms with van der Waals surface area (Å²) >= 11 is 0. The number of rotatable bonds is 33. The first-order valence-corrected chi connectivity index (χ1v) is 23.7. The van der Waals surface area contributed by atoms with Crippen molar-refractivity contribution in [2.75, 3.05) is 19.6 Å². The SMILES string of the molecule is C[C@H](NC(=O)[C@H](CC(=O)O)NC(=O)[C@H](CC(=O)O)NC(=O)[C@H](Cc1ccc(O)cc1)NC(=O)CN)C(=O)N[C@H](C(=O)N[C@@H](CCCCN)C(=O)N[C@H](C(=O)N[C@@H](Cc1ccccc1)C(=O)NCC(=O)O)[C@@H](C)O)[C@@H](C)O. The first-order valence-electron chi connectivity index (χ1n) is 23.7. The van der Waals surface area contributed by atoms with E-state index in [-0.39, 0.29) is 38.0 Å². The smallest absolute Gasteiger partial charge is 0.322 e. The highest BCUT2D eigenvalue weighted by Crippen LogP contribution is 2.13. The number of amides is 9. The highest BCUT2D eigenvalue weighted by Gasteiger charge is 2.37. The number of aliphatic hydroxyl groups excluding tert-OH is 2. The summed E-state index contributed by atoms with van der Waals surface area (Å²) < 4.78 is 0. The number of phenols is 1. The van der Waals surface area contributed by atoms with E-state index in [2.05, 4.69) is 42.5 Å². The topological polar surface area (TPSA) is 487 Å². The predicted octanol–water partition coefficient (Wildman–Crippen LogP) is -5.92. The Hall–Kier alpha value is -8.28. The van der Waals surface area contributed by atoms with Crippen LogP contribution < -0.4 is 59.3 Å². The summed E-state index contributed by atoms with van der Waals surface area (Å²) in [4.78, 5) is 155. The summed E-state index contributed by atoms with van der Waals surface area (Å²) in [5.74, 6) is -14.8. The molecule has 418 valence electrons. The molecule has 0 radical (unpaired) electrons. The zero-order valence-electron chi connectivity index (χ0n) is 41.8. The molecule has 0 saturated heterocycles. The quantitative estimate of drug-likeness (QED) is 0.0296. The summed E-state index contributed by atoms with van der Waals surface area (Å²) in [5, 5.41) is 79.3. The Labute approximate surface area is 435 Å². The van der Waals surface area contributed by atoms with Gasteiger partial charge >= 0.3 is 17.9 Å². The van der Waals surface area contributed by atoms with Crippen molar-refractivity contribution in [3.05, 3.63) is 65.7 Å². The van der Waals surface area contributed by atoms with Crippen molar-refractivity contribution in [1.82, 2.24) is 47.9 Å². The van der Waals surface area contributed by atoms with Crippen LogP contribution in [0.15, 0.2) is 54.6 Å². The van der Waals surface area contributed by atoms with Gasteiger partial charge in [-0.3, -0.25) is 57.5 Å². The highest BCUT2D eigenvalue weighted by molar-refractivity contribution is 5.99. The van der Waals surface area contributed by atoms with E-state index >= 15 is 0 Å². The van der Waals surface area contributed by atoms with Crippen LogP contribution in [0.25, 0.3) is 0 Å². The molecule has 0 bridgehead atoms. The largest absolute Gasteiger partial charge is 0.508 e. The van der Waals surface area contributed by atoms with Crippen molar-refractivity contribution in [1.29, 1.82) is 0 Å². The lowest BCUT2D eigenvalue weighted by Crippen LogP contribution is -2.62. The van der Waals surface area contributed by atoms with Gasteiger partial charge in [0.15, 0.2) is 0 Å². The molecule has 29 heteroatoms. The van der Waals surface area contributed by atoms with Crippen molar-refractivity contribution < 1.29 is 88.2 Å². The molecule has 0 fully saturated rings. The Balaban J connectivity index is 2.28. The number of unbranched alkanes of at least 4 members (excludes halogenated alkanes) is 1. The Kier molecular flexibility index (Phi) is 27.0. The second-order valence-corrected chi connectivity index (χ2v) is 17.4. The minimum atomic E-state index is -2.04. The molecular formula is C47H67N11O18. The van der Waals surface area contributed by atoms with E-state index in [0.717, 1.165) is 20.8 Å². The molecule has 2 aromatic carbocycles. The van der Waals surface area contributed by atoms with E-state index in [0.29, 0.717) is 17.5 Å². The van der Waals surface area contributed by atoms with E-state index in [1.807, 2.05) is 5.32 Å². The normalized spacial score (nSPS) is 14.8. The van der Waals surface area contributed by atoms with Gasteiger partial charge in [-0.05, 0) is 69.8 Å². The van der Waals surface area contributed by atoms with E-state index < -0.39 is 158 Å². The van der Waals surface area contributed by atoms with Gasteiger partial charge in [0, 0.05) is 12.8 Å². The molecule has 0 aliphatic heterocycles. The Morgan fingerprint density at radius 3 is 1.38 bits per heavy atom. The molecule has 10 atom stereocenters. The van der Waals surface area contributed by atoms with Crippen LogP contribution in [0.3, 0.4) is 0 Å². The van der Waals surface area contributed by atoms with E-state index in [9.17, 15) is 83.1 Å². The van der Waals surface area contributed by atoms with Gasteiger partial charge in [-0.25, -0.2) is 0 Å². The number of carboxylic acid groups (broad SMARTS) is 3. The zero-order chi connectivity index (χ0) is 57.2. The van der Waals surface area contributed by atoms with Crippen LogP contribution >= 0.6 is 0 Å². The Morgan fingerprint density at radius 1 is 0.474 bits per heavy atom. The number of aliphatic carboxylic acids is 3. The summed E-state index contributed by atoms with van der Waals surface area (Å²) in [7, 11) is 0. The lowest BCUT2D eigenvalue weighted by molar-refractivity contribution is -0.143. The second kappa shape index (κ2) is 32.1. The third-order valence-corrected chi connectivity index (χ3v) is 11.0. The maximum atomic E-state index is 13.8. The van der Waals surface area contributed by atoms with Gasteiger partial charge in [0.2, 0.25) is 53.2 Å². The maximum Gasteiger partial charge on any atom is 0.322 e. The molecule has 0 aliphatic carbocycles. The summed E-state index contributed by atoms with van der Waals surface area (Å²) in [6.07, 6.45) is -5.61. The first-order chi connectivity index (χ1) is 35.8. The third kappa shape index (κ3) is 22.9. The molecule has 76 heavy (non-hydrogen) atoms. The third-order valence-electron chi connectivity index (χ3n) is 11.0. The van der Waals surface area contributed by atoms with Crippen LogP contribution in [0.1, 0.15) is 64.0 Å². The number of benzene rings is 2. The average molecular weight is 1070 g/mol. The van der Waals surface area contributed by atoms with Gasteiger partial charge in [0.1, 0.15) is 60.6 Å². The van der Waals surface area contributed by atoms with Crippen LogP contribution in [0.5, 0.6) is 5.75 Å². The molecule has 0 aromatic heterocycles. The van der Waals surface area contributed by atoms with Crippen molar-refractivity contribution >= 4 is 71.1 Å². The zero-order valence-corrected chi connectivity index (χ0v) is 41.8. The molecular weight excluding hydrogens is 1010 g/mol. The van der Waals surface area contributed by atoms with Gasteiger partial charge in [0.25, 0.3) is 0 Å². The van der Waals surface area contributed by atoms with Crippen LogP contribution in [-0.4, -0.2) is 182 Å². The molecule has 2 rings (SSSR count). The van der Waals surface area contributed by atoms with Crippen molar-refractivity contribution in [2.45, 2.75) is 126 Å². The lowest BCUT2D eigenvalue weighted by atomic mass is 10.0. The molecule has 9 amide bonds. The molecule has 0 spiro atoms. The number of hydrogen-bond donors (Lipinski definition) is 17. The molecule has 19 N–H and O–H groups in total. The van der Waals surface area contributed by atoms with Crippen LogP contribution in [0.4, 0.5) is 0 Å². The minimum absolute atomic E-state index is 0.117. The average Bonchev–Trinajstić information content (AvgIpc) is 3.35. The monoisotopic (exact) mass is 1070 g/mol. The van der Waals surface area contributed by atoms with Crippen LogP contribution in [-0.2, 0) is 70.4 Å². The van der Waals surface area contributed by atoms with E-state index in [1.54, 1.807) is 30.3 Å². The second-order valence-electron chi connectivity index (χ2n) is 17.4. The fraction of sp³-hybridized carbons (Fsp3) is 0.489. The highest BCUT2D eigenvalue weighted by atomic mass is 16.4. The van der Waals surface area contributed by atoms with Crippen molar-refractivity contribution in [2.24, 2.45) is 11.5 Å². The first kappa shape index (κ1) is 63.8. The number of aliphatic hydroxyl groups is 2. The van der Waals surface area contributed by atoms with Crippen LogP contribution in [0.2, 0.25) is 0 Å².